The molecule has 3 amide bonds. The first-order valence-corrected chi connectivity index (χ1v) is 12.6. The van der Waals surface area contributed by atoms with Crippen molar-refractivity contribution in [2.75, 3.05) is 43.4 Å². The van der Waals surface area contributed by atoms with Gasteiger partial charge in [-0.2, -0.15) is 0 Å². The van der Waals surface area contributed by atoms with Crippen LogP contribution in [0.15, 0.2) is 48.5 Å². The fourth-order valence-electron chi connectivity index (χ4n) is 4.45. The molecule has 0 aromatic heterocycles. The van der Waals surface area contributed by atoms with Crippen molar-refractivity contribution in [2.24, 2.45) is 11.8 Å². The van der Waals surface area contributed by atoms with Crippen molar-refractivity contribution in [1.82, 2.24) is 9.80 Å². The van der Waals surface area contributed by atoms with Crippen molar-refractivity contribution in [1.29, 1.82) is 0 Å². The number of nitrogens with zero attached hydrogens (tertiary/aromatic N) is 3. The molecule has 1 saturated carbocycles. The molecule has 0 radical (unpaired) electrons. The minimum Gasteiger partial charge on any atom is -0.369 e. The summed E-state index contributed by atoms with van der Waals surface area (Å²) in [5.74, 6) is 0.152. The van der Waals surface area contributed by atoms with Gasteiger partial charge in [-0.25, -0.2) is 0 Å². The minimum absolute atomic E-state index is 0.0854. The Bertz CT molecular complexity index is 1070. The molecule has 1 heterocycles. The van der Waals surface area contributed by atoms with Gasteiger partial charge in [-0.05, 0) is 43.0 Å². The molecular formula is C28H36N4O3. The molecule has 1 saturated heterocycles. The minimum atomic E-state index is -0.157. The van der Waals surface area contributed by atoms with Gasteiger partial charge in [-0.1, -0.05) is 44.2 Å². The van der Waals surface area contributed by atoms with Crippen LogP contribution in [0, 0.1) is 11.8 Å². The zero-order valence-corrected chi connectivity index (χ0v) is 21.0. The zero-order chi connectivity index (χ0) is 24.9. The lowest BCUT2D eigenvalue weighted by atomic mass is 10.1. The van der Waals surface area contributed by atoms with Gasteiger partial charge in [0.05, 0.1) is 5.56 Å². The van der Waals surface area contributed by atoms with Gasteiger partial charge in [0.2, 0.25) is 11.8 Å². The average Bonchev–Trinajstić information content (AvgIpc) is 3.71. The van der Waals surface area contributed by atoms with Gasteiger partial charge < -0.3 is 20.0 Å². The first-order chi connectivity index (χ1) is 16.8. The maximum Gasteiger partial charge on any atom is 0.256 e. The third kappa shape index (κ3) is 6.21. The van der Waals surface area contributed by atoms with E-state index in [0.717, 1.165) is 43.6 Å². The first-order valence-electron chi connectivity index (χ1n) is 12.6. The Morgan fingerprint density at radius 3 is 2.43 bits per heavy atom. The Hall–Kier alpha value is -3.35. The molecule has 35 heavy (non-hydrogen) atoms. The number of benzene rings is 2. The molecule has 0 atom stereocenters. The molecule has 7 nitrogen and oxygen atoms in total. The van der Waals surface area contributed by atoms with Crippen LogP contribution in [0.3, 0.4) is 0 Å². The average molecular weight is 477 g/mol. The number of carbonyl (C=O) groups is 3. The maximum absolute atomic E-state index is 13.7. The third-order valence-corrected chi connectivity index (χ3v) is 6.70. The van der Waals surface area contributed by atoms with E-state index >= 15 is 0 Å². The second kappa shape index (κ2) is 10.9. The van der Waals surface area contributed by atoms with Crippen LogP contribution < -0.4 is 10.2 Å². The zero-order valence-electron chi connectivity index (χ0n) is 21.0. The largest absolute Gasteiger partial charge is 0.369 e. The number of anilines is 2. The molecule has 1 aliphatic heterocycles. The number of rotatable bonds is 7. The van der Waals surface area contributed by atoms with Crippen molar-refractivity contribution in [3.8, 4) is 0 Å². The molecule has 4 rings (SSSR count). The monoisotopic (exact) mass is 476 g/mol. The molecule has 0 unspecified atom stereocenters. The van der Waals surface area contributed by atoms with Gasteiger partial charge in [0.1, 0.15) is 0 Å². The Kier molecular flexibility index (Phi) is 7.73. The van der Waals surface area contributed by atoms with Gasteiger partial charge in [-0.3, -0.25) is 14.4 Å². The molecular weight excluding hydrogens is 440 g/mol. The quantitative estimate of drug-likeness (QED) is 0.656. The van der Waals surface area contributed by atoms with E-state index in [1.807, 2.05) is 61.2 Å². The van der Waals surface area contributed by atoms with Crippen LogP contribution in [0.25, 0.3) is 0 Å². The molecule has 1 aliphatic carbocycles. The number of amides is 3. The smallest absolute Gasteiger partial charge is 0.256 e. The van der Waals surface area contributed by atoms with Crippen molar-refractivity contribution in [3.63, 3.8) is 0 Å². The Morgan fingerprint density at radius 1 is 1.00 bits per heavy atom. The molecule has 0 spiro atoms. The van der Waals surface area contributed by atoms with Crippen molar-refractivity contribution in [3.05, 3.63) is 59.7 Å². The van der Waals surface area contributed by atoms with Gasteiger partial charge >= 0.3 is 0 Å². The molecule has 0 bridgehead atoms. The molecule has 2 aromatic carbocycles. The number of nitrogens with one attached hydrogen (secondary N) is 1. The predicted octanol–water partition coefficient (Wildman–Crippen LogP) is 4.00. The summed E-state index contributed by atoms with van der Waals surface area (Å²) in [6.07, 6.45) is 2.88. The van der Waals surface area contributed by atoms with E-state index in [-0.39, 0.29) is 29.6 Å². The highest BCUT2D eigenvalue weighted by Gasteiger charge is 2.34. The highest BCUT2D eigenvalue weighted by molar-refractivity contribution is 6.02. The summed E-state index contributed by atoms with van der Waals surface area (Å²) in [4.78, 5) is 44.5. The molecule has 1 N–H and O–H groups in total. The van der Waals surface area contributed by atoms with Gasteiger partial charge in [0, 0.05) is 63.0 Å². The fraction of sp³-hybridized carbons (Fsp3) is 0.464. The third-order valence-electron chi connectivity index (χ3n) is 6.70. The van der Waals surface area contributed by atoms with Gasteiger partial charge in [0.15, 0.2) is 0 Å². The van der Waals surface area contributed by atoms with E-state index < -0.39 is 0 Å². The van der Waals surface area contributed by atoms with Gasteiger partial charge in [0.25, 0.3) is 5.91 Å². The second-order valence-corrected chi connectivity index (χ2v) is 9.96. The van der Waals surface area contributed by atoms with Crippen molar-refractivity contribution in [2.45, 2.75) is 39.7 Å². The van der Waals surface area contributed by atoms with E-state index in [1.54, 1.807) is 18.0 Å². The molecule has 186 valence electrons. The normalized spacial score (nSPS) is 16.1. The number of hydrogen-bond donors (Lipinski definition) is 1. The lowest BCUT2D eigenvalue weighted by molar-refractivity contribution is -0.132. The summed E-state index contributed by atoms with van der Waals surface area (Å²) >= 11 is 0. The van der Waals surface area contributed by atoms with Crippen LogP contribution in [0.4, 0.5) is 11.4 Å². The van der Waals surface area contributed by atoms with Crippen molar-refractivity contribution < 1.29 is 14.4 Å². The fourth-order valence-corrected chi connectivity index (χ4v) is 4.45. The summed E-state index contributed by atoms with van der Waals surface area (Å²) in [6.45, 7) is 7.05. The van der Waals surface area contributed by atoms with E-state index in [4.69, 9.17) is 0 Å². The molecule has 2 aliphatic rings. The maximum atomic E-state index is 13.7. The second-order valence-electron chi connectivity index (χ2n) is 9.96. The SMILES string of the molecule is CC(C)C(=O)Nc1ccc(N2CCCN(C(=O)C3CC3)CC2)c(C(=O)N(C)Cc2ccccc2)c1. The Balaban J connectivity index is 1.58. The van der Waals surface area contributed by atoms with Crippen LogP contribution in [0.2, 0.25) is 0 Å². The summed E-state index contributed by atoms with van der Waals surface area (Å²) in [5, 5.41) is 2.93. The Labute approximate surface area is 208 Å². The van der Waals surface area contributed by atoms with Crippen LogP contribution >= 0.6 is 0 Å². The summed E-state index contributed by atoms with van der Waals surface area (Å²) < 4.78 is 0. The first kappa shape index (κ1) is 24.8. The predicted molar refractivity (Wildman–Crippen MR) is 138 cm³/mol. The number of hydrogen-bond acceptors (Lipinski definition) is 4. The van der Waals surface area contributed by atoms with E-state index in [1.165, 1.54) is 0 Å². The Morgan fingerprint density at radius 2 is 1.74 bits per heavy atom. The summed E-state index contributed by atoms with van der Waals surface area (Å²) in [5.41, 5.74) is 3.08. The van der Waals surface area contributed by atoms with Crippen LogP contribution in [-0.4, -0.2) is 60.7 Å². The van der Waals surface area contributed by atoms with Crippen molar-refractivity contribution >= 4 is 29.1 Å². The summed E-state index contributed by atoms with van der Waals surface area (Å²) in [6, 6.07) is 15.5. The van der Waals surface area contributed by atoms with Crippen LogP contribution in [0.1, 0.15) is 49.0 Å². The highest BCUT2D eigenvalue weighted by Crippen LogP contribution is 2.32. The van der Waals surface area contributed by atoms with Crippen LogP contribution in [-0.2, 0) is 16.1 Å². The standard InChI is InChI=1S/C28H36N4O3/c1-20(2)26(33)29-23-12-13-25(31-14-7-15-32(17-16-31)27(34)22-10-11-22)24(18-23)28(35)30(3)19-21-8-5-4-6-9-21/h4-6,8-9,12-13,18,20,22H,7,10-11,14-17,19H2,1-3H3,(H,29,33). The van der Waals surface area contributed by atoms with E-state index in [2.05, 4.69) is 10.2 Å². The molecule has 2 aromatic rings. The molecule has 2 fully saturated rings. The molecule has 7 heteroatoms. The lowest BCUT2D eigenvalue weighted by Crippen LogP contribution is -2.36. The van der Waals surface area contributed by atoms with Crippen LogP contribution in [0.5, 0.6) is 0 Å². The topological polar surface area (TPSA) is 73.0 Å². The van der Waals surface area contributed by atoms with E-state index in [9.17, 15) is 14.4 Å². The highest BCUT2D eigenvalue weighted by atomic mass is 16.2. The van der Waals surface area contributed by atoms with E-state index in [0.29, 0.717) is 30.9 Å². The summed E-state index contributed by atoms with van der Waals surface area (Å²) in [7, 11) is 1.80. The van der Waals surface area contributed by atoms with Gasteiger partial charge in [-0.15, -0.1) is 0 Å². The number of carbonyl (C=O) groups excluding carboxylic acids is 3. The lowest BCUT2D eigenvalue weighted by Gasteiger charge is -2.28.